The first-order valence-corrected chi connectivity index (χ1v) is 5.20. The van der Waals surface area contributed by atoms with Crippen LogP contribution in [-0.2, 0) is 0 Å². The summed E-state index contributed by atoms with van der Waals surface area (Å²) in [6, 6.07) is 2.74. The van der Waals surface area contributed by atoms with Gasteiger partial charge < -0.3 is 14.6 Å². The minimum Gasteiger partial charge on any atom is -0.496 e. The van der Waals surface area contributed by atoms with Crippen molar-refractivity contribution in [1.82, 2.24) is 0 Å². The lowest BCUT2D eigenvalue weighted by atomic mass is 9.98. The van der Waals surface area contributed by atoms with Crippen molar-refractivity contribution in [2.45, 2.75) is 19.3 Å². The second kappa shape index (κ2) is 5.82. The van der Waals surface area contributed by atoms with Gasteiger partial charge in [0.15, 0.2) is 0 Å². The van der Waals surface area contributed by atoms with Crippen molar-refractivity contribution in [2.24, 2.45) is 0 Å². The van der Waals surface area contributed by atoms with E-state index in [-0.39, 0.29) is 23.8 Å². The summed E-state index contributed by atoms with van der Waals surface area (Å²) in [5.74, 6) is 0.256. The summed E-state index contributed by atoms with van der Waals surface area (Å²) in [6.07, 6.45) is -2.62. The number of halogens is 2. The first-order chi connectivity index (χ1) is 8.04. The largest absolute Gasteiger partial charge is 0.496 e. The van der Waals surface area contributed by atoms with Crippen LogP contribution in [0.3, 0.4) is 0 Å². The second-order valence-corrected chi connectivity index (χ2v) is 3.72. The van der Waals surface area contributed by atoms with Crippen molar-refractivity contribution in [3.8, 4) is 11.5 Å². The zero-order valence-electron chi connectivity index (χ0n) is 10.0. The zero-order chi connectivity index (χ0) is 13.0. The lowest BCUT2D eigenvalue weighted by Gasteiger charge is -2.17. The second-order valence-electron chi connectivity index (χ2n) is 3.72. The molecule has 1 unspecified atom stereocenters. The number of benzene rings is 1. The number of ether oxygens (including phenoxy) is 2. The van der Waals surface area contributed by atoms with Crippen LogP contribution >= 0.6 is 0 Å². The molecule has 1 atom stereocenters. The highest BCUT2D eigenvalue weighted by Gasteiger charge is 2.20. The van der Waals surface area contributed by atoms with Gasteiger partial charge in [0.2, 0.25) is 0 Å². The van der Waals surface area contributed by atoms with E-state index in [0.717, 1.165) is 0 Å². The van der Waals surface area contributed by atoms with Gasteiger partial charge in [0, 0.05) is 18.6 Å². The molecule has 0 radical (unpaired) electrons. The molecule has 0 heterocycles. The highest BCUT2D eigenvalue weighted by Crippen LogP contribution is 2.37. The van der Waals surface area contributed by atoms with Gasteiger partial charge in [-0.1, -0.05) is 6.92 Å². The molecular formula is C12H16F2O3. The van der Waals surface area contributed by atoms with Gasteiger partial charge in [-0.25, -0.2) is 8.78 Å². The van der Waals surface area contributed by atoms with Gasteiger partial charge in [-0.3, -0.25) is 0 Å². The molecule has 0 aliphatic rings. The number of aliphatic hydroxyl groups excluding tert-OH is 1. The molecule has 96 valence electrons. The molecule has 0 saturated carbocycles. The fourth-order valence-corrected chi connectivity index (χ4v) is 1.60. The third kappa shape index (κ3) is 2.85. The van der Waals surface area contributed by atoms with Crippen LogP contribution in [0.4, 0.5) is 8.78 Å². The summed E-state index contributed by atoms with van der Waals surface area (Å²) >= 11 is 0. The summed E-state index contributed by atoms with van der Waals surface area (Å²) < 4.78 is 35.6. The average Bonchev–Trinajstić information content (AvgIpc) is 2.35. The van der Waals surface area contributed by atoms with Crippen molar-refractivity contribution in [2.75, 3.05) is 20.8 Å². The van der Waals surface area contributed by atoms with Crippen LogP contribution in [0.25, 0.3) is 0 Å². The minimum absolute atomic E-state index is 0.0886. The summed E-state index contributed by atoms with van der Waals surface area (Å²) in [5, 5.41) is 9.09. The Morgan fingerprint density at radius 3 is 2.06 bits per heavy atom. The Hall–Kier alpha value is -1.36. The first-order valence-electron chi connectivity index (χ1n) is 5.20. The summed E-state index contributed by atoms with van der Waals surface area (Å²) in [5.41, 5.74) is 0.356. The summed E-state index contributed by atoms with van der Waals surface area (Å²) in [6.45, 7) is 1.60. The highest BCUT2D eigenvalue weighted by molar-refractivity contribution is 5.48. The number of hydrogen-bond acceptors (Lipinski definition) is 3. The lowest BCUT2D eigenvalue weighted by Crippen LogP contribution is -2.04. The van der Waals surface area contributed by atoms with Gasteiger partial charge in [0.1, 0.15) is 11.5 Å². The predicted molar refractivity (Wildman–Crippen MR) is 60.0 cm³/mol. The van der Waals surface area contributed by atoms with Crippen LogP contribution in [-0.4, -0.2) is 25.9 Å². The Balaban J connectivity index is 3.33. The number of alkyl halides is 2. The lowest BCUT2D eigenvalue weighted by molar-refractivity contribution is 0.146. The van der Waals surface area contributed by atoms with Crippen LogP contribution in [0.2, 0.25) is 0 Å². The van der Waals surface area contributed by atoms with Crippen molar-refractivity contribution in [3.63, 3.8) is 0 Å². The highest BCUT2D eigenvalue weighted by atomic mass is 19.3. The van der Waals surface area contributed by atoms with E-state index in [1.165, 1.54) is 26.4 Å². The van der Waals surface area contributed by atoms with E-state index in [4.69, 9.17) is 14.6 Å². The number of aliphatic hydroxyl groups is 1. The van der Waals surface area contributed by atoms with Gasteiger partial charge >= 0.3 is 0 Å². The normalized spacial score (nSPS) is 12.6. The Labute approximate surface area is 99.0 Å². The molecule has 1 aromatic carbocycles. The van der Waals surface area contributed by atoms with Crippen LogP contribution in [0.15, 0.2) is 12.1 Å². The Kier molecular flexibility index (Phi) is 4.69. The van der Waals surface area contributed by atoms with Gasteiger partial charge in [0.05, 0.1) is 19.8 Å². The molecule has 1 rings (SSSR count). The fraction of sp³-hybridized carbons (Fsp3) is 0.500. The molecule has 1 N–H and O–H groups in total. The molecule has 0 bridgehead atoms. The van der Waals surface area contributed by atoms with E-state index in [9.17, 15) is 8.78 Å². The van der Waals surface area contributed by atoms with Crippen molar-refractivity contribution in [1.29, 1.82) is 0 Å². The zero-order valence-corrected chi connectivity index (χ0v) is 10.0. The molecule has 3 nitrogen and oxygen atoms in total. The summed E-state index contributed by atoms with van der Waals surface area (Å²) in [7, 11) is 2.78. The Morgan fingerprint density at radius 2 is 1.65 bits per heavy atom. The van der Waals surface area contributed by atoms with E-state index in [1.54, 1.807) is 6.92 Å². The maximum absolute atomic E-state index is 12.8. The number of methoxy groups -OCH3 is 2. The maximum atomic E-state index is 12.8. The molecular weight excluding hydrogens is 230 g/mol. The SMILES string of the molecule is COc1cc(OC)c(C(C)CO)cc1C(F)F. The van der Waals surface area contributed by atoms with Crippen LogP contribution in [0.5, 0.6) is 11.5 Å². The minimum atomic E-state index is -2.62. The maximum Gasteiger partial charge on any atom is 0.267 e. The molecule has 0 amide bonds. The van der Waals surface area contributed by atoms with E-state index < -0.39 is 6.43 Å². The van der Waals surface area contributed by atoms with E-state index in [1.807, 2.05) is 0 Å². The van der Waals surface area contributed by atoms with Crippen molar-refractivity contribution >= 4 is 0 Å². The molecule has 0 spiro atoms. The molecule has 0 saturated heterocycles. The fourth-order valence-electron chi connectivity index (χ4n) is 1.60. The predicted octanol–water partition coefficient (Wildman–Crippen LogP) is 2.74. The molecule has 5 heteroatoms. The number of rotatable bonds is 5. The topological polar surface area (TPSA) is 38.7 Å². The Bertz CT molecular complexity index is 380. The van der Waals surface area contributed by atoms with Gasteiger partial charge in [0.25, 0.3) is 6.43 Å². The van der Waals surface area contributed by atoms with Gasteiger partial charge in [-0.2, -0.15) is 0 Å². The molecule has 1 aromatic rings. The summed E-state index contributed by atoms with van der Waals surface area (Å²) in [4.78, 5) is 0. The van der Waals surface area contributed by atoms with Gasteiger partial charge in [-0.05, 0) is 11.6 Å². The molecule has 0 aromatic heterocycles. The van der Waals surface area contributed by atoms with E-state index >= 15 is 0 Å². The quantitative estimate of drug-likeness (QED) is 0.868. The Morgan fingerprint density at radius 1 is 1.12 bits per heavy atom. The van der Waals surface area contributed by atoms with Crippen LogP contribution < -0.4 is 9.47 Å². The third-order valence-electron chi connectivity index (χ3n) is 2.62. The first kappa shape index (κ1) is 13.7. The van der Waals surface area contributed by atoms with E-state index in [0.29, 0.717) is 11.3 Å². The van der Waals surface area contributed by atoms with E-state index in [2.05, 4.69) is 0 Å². The standard InChI is InChI=1S/C12H16F2O3/c1-7(6-15)8-4-9(12(13)14)11(17-3)5-10(8)16-2/h4-5,7,12,15H,6H2,1-3H3. The molecule has 0 fully saturated rings. The average molecular weight is 246 g/mol. The smallest absolute Gasteiger partial charge is 0.267 e. The van der Waals surface area contributed by atoms with Crippen LogP contribution in [0.1, 0.15) is 30.4 Å². The van der Waals surface area contributed by atoms with Gasteiger partial charge in [-0.15, -0.1) is 0 Å². The molecule has 0 aliphatic heterocycles. The third-order valence-corrected chi connectivity index (χ3v) is 2.62. The van der Waals surface area contributed by atoms with Crippen molar-refractivity contribution in [3.05, 3.63) is 23.3 Å². The number of hydrogen-bond donors (Lipinski definition) is 1. The molecule has 0 aliphatic carbocycles. The monoisotopic (exact) mass is 246 g/mol. The van der Waals surface area contributed by atoms with Crippen LogP contribution in [0, 0.1) is 0 Å². The van der Waals surface area contributed by atoms with Crippen molar-refractivity contribution < 1.29 is 23.4 Å². The molecule has 17 heavy (non-hydrogen) atoms.